The normalized spacial score (nSPS) is 11.2. The van der Waals surface area contributed by atoms with Gasteiger partial charge in [-0.2, -0.15) is 10.2 Å². The van der Waals surface area contributed by atoms with Crippen LogP contribution in [0.25, 0.3) is 0 Å². The Kier molecular flexibility index (Phi) is 8.49. The molecule has 0 amide bonds. The largest absolute Gasteiger partial charge is 0.151 e. The first-order valence-electron chi connectivity index (χ1n) is 8.58. The predicted molar refractivity (Wildman–Crippen MR) is 101 cm³/mol. The standard InChI is InChI=1S/C20H26N2S/c1-2-3-4-5-6-10-16-23-20-15-11-14-19(17-20)22-21-18-12-8-7-9-13-18/h7-9,11-15,17H,2-6,10,16H2,1H3/b22-21+. The van der Waals surface area contributed by atoms with E-state index in [0.717, 1.165) is 11.4 Å². The molecule has 0 fully saturated rings. The van der Waals surface area contributed by atoms with Crippen molar-refractivity contribution in [1.29, 1.82) is 0 Å². The van der Waals surface area contributed by atoms with Crippen LogP contribution in [0.2, 0.25) is 0 Å². The van der Waals surface area contributed by atoms with E-state index in [0.29, 0.717) is 0 Å². The van der Waals surface area contributed by atoms with Gasteiger partial charge in [-0.15, -0.1) is 11.8 Å². The SMILES string of the molecule is CCCCCCCCSc1cccc(/N=N/c2ccccc2)c1. The van der Waals surface area contributed by atoms with Crippen LogP contribution >= 0.6 is 11.8 Å². The summed E-state index contributed by atoms with van der Waals surface area (Å²) in [6.45, 7) is 2.26. The maximum Gasteiger partial charge on any atom is 0.0868 e. The Labute approximate surface area is 144 Å². The highest BCUT2D eigenvalue weighted by Crippen LogP contribution is 2.25. The summed E-state index contributed by atoms with van der Waals surface area (Å²) < 4.78 is 0. The lowest BCUT2D eigenvalue weighted by molar-refractivity contribution is 0.627. The lowest BCUT2D eigenvalue weighted by Gasteiger charge is -2.03. The monoisotopic (exact) mass is 326 g/mol. The van der Waals surface area contributed by atoms with Crippen LogP contribution in [0.1, 0.15) is 45.4 Å². The van der Waals surface area contributed by atoms with Gasteiger partial charge in [0.2, 0.25) is 0 Å². The Hall–Kier alpha value is -1.61. The molecule has 122 valence electrons. The Morgan fingerprint density at radius 3 is 2.26 bits per heavy atom. The third kappa shape index (κ3) is 7.47. The highest BCUT2D eigenvalue weighted by Gasteiger charge is 1.97. The molecule has 2 aromatic rings. The Bertz CT molecular complexity index is 581. The van der Waals surface area contributed by atoms with Gasteiger partial charge in [0.05, 0.1) is 11.4 Å². The minimum atomic E-state index is 0.887. The first kappa shape index (κ1) is 17.7. The molecule has 0 aromatic heterocycles. The fourth-order valence-corrected chi connectivity index (χ4v) is 3.28. The molecule has 0 atom stereocenters. The van der Waals surface area contributed by atoms with Crippen molar-refractivity contribution < 1.29 is 0 Å². The number of hydrogen-bond donors (Lipinski definition) is 0. The zero-order chi connectivity index (χ0) is 16.2. The second kappa shape index (κ2) is 11.0. The first-order valence-corrected chi connectivity index (χ1v) is 9.56. The second-order valence-corrected chi connectivity index (χ2v) is 6.82. The van der Waals surface area contributed by atoms with Crippen molar-refractivity contribution in [3.63, 3.8) is 0 Å². The van der Waals surface area contributed by atoms with Crippen LogP contribution in [0.15, 0.2) is 69.7 Å². The molecule has 0 aliphatic heterocycles. The lowest BCUT2D eigenvalue weighted by Crippen LogP contribution is -1.82. The van der Waals surface area contributed by atoms with Gasteiger partial charge in [0, 0.05) is 4.90 Å². The molecule has 0 aliphatic rings. The molecule has 0 saturated carbocycles. The molecule has 2 aromatic carbocycles. The van der Waals surface area contributed by atoms with Gasteiger partial charge in [-0.3, -0.25) is 0 Å². The van der Waals surface area contributed by atoms with E-state index in [1.165, 1.54) is 49.2 Å². The number of nitrogens with zero attached hydrogens (tertiary/aromatic N) is 2. The average molecular weight is 327 g/mol. The van der Waals surface area contributed by atoms with Gasteiger partial charge in [-0.1, -0.05) is 63.3 Å². The summed E-state index contributed by atoms with van der Waals surface area (Å²) in [5.41, 5.74) is 1.81. The van der Waals surface area contributed by atoms with Crippen LogP contribution in [0, 0.1) is 0 Å². The van der Waals surface area contributed by atoms with E-state index in [-0.39, 0.29) is 0 Å². The summed E-state index contributed by atoms with van der Waals surface area (Å²) in [6.07, 6.45) is 8.10. The maximum atomic E-state index is 4.33. The van der Waals surface area contributed by atoms with E-state index >= 15 is 0 Å². The Balaban J connectivity index is 1.75. The van der Waals surface area contributed by atoms with E-state index in [1.807, 2.05) is 48.2 Å². The fraction of sp³-hybridized carbons (Fsp3) is 0.400. The van der Waals surface area contributed by atoms with E-state index in [2.05, 4.69) is 35.4 Å². The van der Waals surface area contributed by atoms with Crippen molar-refractivity contribution in [2.75, 3.05) is 5.75 Å². The molecule has 2 rings (SSSR count). The van der Waals surface area contributed by atoms with Crippen molar-refractivity contribution in [2.24, 2.45) is 10.2 Å². The molecule has 0 N–H and O–H groups in total. The zero-order valence-electron chi connectivity index (χ0n) is 13.9. The number of rotatable bonds is 10. The van der Waals surface area contributed by atoms with E-state index in [1.54, 1.807) is 0 Å². The molecule has 0 heterocycles. The van der Waals surface area contributed by atoms with Gasteiger partial charge in [0.15, 0.2) is 0 Å². The zero-order valence-corrected chi connectivity index (χ0v) is 14.8. The minimum Gasteiger partial charge on any atom is -0.151 e. The van der Waals surface area contributed by atoms with Crippen molar-refractivity contribution in [2.45, 2.75) is 50.3 Å². The topological polar surface area (TPSA) is 24.7 Å². The van der Waals surface area contributed by atoms with Gasteiger partial charge in [-0.25, -0.2) is 0 Å². The minimum absolute atomic E-state index is 0.887. The first-order chi connectivity index (χ1) is 11.4. The quantitative estimate of drug-likeness (QED) is 0.251. The van der Waals surface area contributed by atoms with Gasteiger partial charge >= 0.3 is 0 Å². The number of unbranched alkanes of at least 4 members (excludes halogenated alkanes) is 5. The highest BCUT2D eigenvalue weighted by atomic mass is 32.2. The molecule has 0 bridgehead atoms. The molecule has 23 heavy (non-hydrogen) atoms. The smallest absolute Gasteiger partial charge is 0.0868 e. The third-order valence-electron chi connectivity index (χ3n) is 3.62. The Morgan fingerprint density at radius 1 is 0.739 bits per heavy atom. The summed E-state index contributed by atoms with van der Waals surface area (Å²) in [4.78, 5) is 1.28. The van der Waals surface area contributed by atoms with Gasteiger partial charge in [0.1, 0.15) is 0 Å². The fourth-order valence-electron chi connectivity index (χ4n) is 2.32. The number of benzene rings is 2. The lowest BCUT2D eigenvalue weighted by atomic mass is 10.1. The summed E-state index contributed by atoms with van der Waals surface area (Å²) >= 11 is 1.92. The highest BCUT2D eigenvalue weighted by molar-refractivity contribution is 7.99. The van der Waals surface area contributed by atoms with E-state index in [4.69, 9.17) is 0 Å². The summed E-state index contributed by atoms with van der Waals surface area (Å²) in [7, 11) is 0. The molecule has 0 aliphatic carbocycles. The van der Waals surface area contributed by atoms with Crippen molar-refractivity contribution in [1.82, 2.24) is 0 Å². The summed E-state index contributed by atoms with van der Waals surface area (Å²) in [6, 6.07) is 18.2. The van der Waals surface area contributed by atoms with Crippen LogP contribution in [0.5, 0.6) is 0 Å². The molecular formula is C20H26N2S. The van der Waals surface area contributed by atoms with Crippen LogP contribution in [-0.4, -0.2) is 5.75 Å². The summed E-state index contributed by atoms with van der Waals surface area (Å²) in [5.74, 6) is 1.19. The molecule has 0 spiro atoms. The van der Waals surface area contributed by atoms with Gasteiger partial charge < -0.3 is 0 Å². The molecule has 0 radical (unpaired) electrons. The van der Waals surface area contributed by atoms with Crippen molar-refractivity contribution in [3.05, 3.63) is 54.6 Å². The number of hydrogen-bond acceptors (Lipinski definition) is 3. The number of azo groups is 1. The van der Waals surface area contributed by atoms with Crippen molar-refractivity contribution in [3.8, 4) is 0 Å². The van der Waals surface area contributed by atoms with Gasteiger partial charge in [-0.05, 0) is 42.5 Å². The molecule has 3 heteroatoms. The third-order valence-corrected chi connectivity index (χ3v) is 4.70. The molecule has 2 nitrogen and oxygen atoms in total. The number of thioether (sulfide) groups is 1. The Morgan fingerprint density at radius 2 is 1.43 bits per heavy atom. The van der Waals surface area contributed by atoms with Gasteiger partial charge in [0.25, 0.3) is 0 Å². The molecular weight excluding hydrogens is 300 g/mol. The van der Waals surface area contributed by atoms with Crippen LogP contribution < -0.4 is 0 Å². The van der Waals surface area contributed by atoms with Crippen molar-refractivity contribution >= 4 is 23.1 Å². The van der Waals surface area contributed by atoms with E-state index in [9.17, 15) is 0 Å². The summed E-state index contributed by atoms with van der Waals surface area (Å²) in [5, 5.41) is 8.60. The van der Waals surface area contributed by atoms with Crippen LogP contribution in [0.3, 0.4) is 0 Å². The predicted octanol–water partition coefficient (Wildman–Crippen LogP) is 7.55. The van der Waals surface area contributed by atoms with E-state index < -0.39 is 0 Å². The maximum absolute atomic E-state index is 4.33. The van der Waals surface area contributed by atoms with Crippen LogP contribution in [0.4, 0.5) is 11.4 Å². The average Bonchev–Trinajstić information content (AvgIpc) is 2.60. The molecule has 0 saturated heterocycles. The van der Waals surface area contributed by atoms with Crippen LogP contribution in [-0.2, 0) is 0 Å². The molecule has 0 unspecified atom stereocenters. The second-order valence-electron chi connectivity index (χ2n) is 5.65.